The molecule has 0 saturated carbocycles. The summed E-state index contributed by atoms with van der Waals surface area (Å²) in [6, 6.07) is 6.80. The fourth-order valence-corrected chi connectivity index (χ4v) is 2.33. The highest BCUT2D eigenvalue weighted by Gasteiger charge is 2.30. The van der Waals surface area contributed by atoms with E-state index in [-0.39, 0.29) is 17.3 Å². The van der Waals surface area contributed by atoms with Crippen LogP contribution >= 0.6 is 0 Å². The number of hydrazine groups is 1. The molecule has 0 amide bonds. The monoisotopic (exact) mass is 268 g/mol. The van der Waals surface area contributed by atoms with Crippen molar-refractivity contribution in [3.05, 3.63) is 35.6 Å². The van der Waals surface area contributed by atoms with Crippen molar-refractivity contribution >= 4 is 0 Å². The van der Waals surface area contributed by atoms with E-state index in [4.69, 9.17) is 10.6 Å². The summed E-state index contributed by atoms with van der Waals surface area (Å²) < 4.78 is 18.0. The quantitative estimate of drug-likeness (QED) is 0.433. The first-order valence-corrected chi connectivity index (χ1v) is 6.73. The number of ether oxygens (including phenoxy) is 1. The molecule has 0 aliphatic rings. The van der Waals surface area contributed by atoms with Gasteiger partial charge in [-0.2, -0.15) is 0 Å². The summed E-state index contributed by atoms with van der Waals surface area (Å²) in [6.07, 6.45) is 3.03. The number of nitrogens with one attached hydrogen (secondary N) is 1. The van der Waals surface area contributed by atoms with Gasteiger partial charge in [0.15, 0.2) is 0 Å². The van der Waals surface area contributed by atoms with Crippen LogP contribution in [0, 0.1) is 5.82 Å². The highest BCUT2D eigenvalue weighted by molar-refractivity contribution is 5.26. The van der Waals surface area contributed by atoms with Crippen LogP contribution < -0.4 is 11.3 Å². The van der Waals surface area contributed by atoms with Crippen molar-refractivity contribution in [2.75, 3.05) is 13.7 Å². The minimum Gasteiger partial charge on any atom is -0.385 e. The van der Waals surface area contributed by atoms with Crippen molar-refractivity contribution in [2.24, 2.45) is 5.84 Å². The Morgan fingerprint density at radius 1 is 1.26 bits per heavy atom. The topological polar surface area (TPSA) is 47.3 Å². The third-order valence-corrected chi connectivity index (χ3v) is 3.75. The van der Waals surface area contributed by atoms with Crippen LogP contribution in [0.3, 0.4) is 0 Å². The fraction of sp³-hybridized carbons (Fsp3) is 0.600. The molecule has 108 valence electrons. The predicted molar refractivity (Wildman–Crippen MR) is 76.3 cm³/mol. The number of methoxy groups -OCH3 is 1. The van der Waals surface area contributed by atoms with Crippen molar-refractivity contribution in [3.63, 3.8) is 0 Å². The molecule has 3 nitrogen and oxygen atoms in total. The molecule has 0 aliphatic heterocycles. The molecule has 0 saturated heterocycles. The van der Waals surface area contributed by atoms with E-state index < -0.39 is 0 Å². The Bertz CT molecular complexity index is 365. The van der Waals surface area contributed by atoms with Crippen LogP contribution in [0.15, 0.2) is 24.3 Å². The first-order chi connectivity index (χ1) is 9.02. The summed E-state index contributed by atoms with van der Waals surface area (Å²) in [5.74, 6) is 5.47. The van der Waals surface area contributed by atoms with Crippen molar-refractivity contribution in [1.29, 1.82) is 0 Å². The molecule has 1 atom stereocenters. The Hall–Kier alpha value is -0.970. The van der Waals surface area contributed by atoms with Crippen molar-refractivity contribution in [2.45, 2.75) is 44.6 Å². The SMILES string of the molecule is COCCCCC(NN)C(C)(C)c1ccc(F)cc1. The fourth-order valence-electron chi connectivity index (χ4n) is 2.33. The largest absolute Gasteiger partial charge is 0.385 e. The Labute approximate surface area is 115 Å². The van der Waals surface area contributed by atoms with E-state index in [1.807, 2.05) is 12.1 Å². The number of hydrogen-bond acceptors (Lipinski definition) is 3. The second-order valence-corrected chi connectivity index (χ2v) is 5.44. The molecular weight excluding hydrogens is 243 g/mol. The normalized spacial score (nSPS) is 13.5. The third kappa shape index (κ3) is 4.56. The molecule has 19 heavy (non-hydrogen) atoms. The molecule has 0 spiro atoms. The van der Waals surface area contributed by atoms with Gasteiger partial charge in [0.2, 0.25) is 0 Å². The maximum atomic E-state index is 13.0. The van der Waals surface area contributed by atoms with Crippen molar-refractivity contribution < 1.29 is 9.13 Å². The van der Waals surface area contributed by atoms with Gasteiger partial charge in [-0.05, 0) is 37.0 Å². The van der Waals surface area contributed by atoms with Gasteiger partial charge in [0.1, 0.15) is 5.82 Å². The lowest BCUT2D eigenvalue weighted by molar-refractivity contribution is 0.188. The molecule has 0 aromatic heterocycles. The van der Waals surface area contributed by atoms with E-state index in [0.717, 1.165) is 31.4 Å². The standard InChI is InChI=1S/C15H25FN2O/c1-15(2,12-7-9-13(16)10-8-12)14(18-17)6-4-5-11-19-3/h7-10,14,18H,4-6,11,17H2,1-3H3. The maximum absolute atomic E-state index is 13.0. The summed E-state index contributed by atoms with van der Waals surface area (Å²) in [4.78, 5) is 0. The van der Waals surface area contributed by atoms with Gasteiger partial charge in [-0.15, -0.1) is 0 Å². The molecule has 0 aliphatic carbocycles. The van der Waals surface area contributed by atoms with E-state index in [1.54, 1.807) is 7.11 Å². The minimum absolute atomic E-state index is 0.143. The van der Waals surface area contributed by atoms with Gasteiger partial charge in [0, 0.05) is 25.2 Å². The van der Waals surface area contributed by atoms with Crippen LogP contribution in [0.25, 0.3) is 0 Å². The van der Waals surface area contributed by atoms with Crippen LogP contribution in [0.1, 0.15) is 38.7 Å². The molecule has 0 fully saturated rings. The Morgan fingerprint density at radius 2 is 1.89 bits per heavy atom. The number of halogens is 1. The van der Waals surface area contributed by atoms with E-state index in [2.05, 4.69) is 19.3 Å². The van der Waals surface area contributed by atoms with E-state index >= 15 is 0 Å². The lowest BCUT2D eigenvalue weighted by Crippen LogP contribution is -2.48. The highest BCUT2D eigenvalue weighted by atomic mass is 19.1. The zero-order chi connectivity index (χ0) is 14.3. The third-order valence-electron chi connectivity index (χ3n) is 3.75. The molecule has 0 heterocycles. The molecule has 1 aromatic rings. The van der Waals surface area contributed by atoms with Crippen LogP contribution in [0.4, 0.5) is 4.39 Å². The highest BCUT2D eigenvalue weighted by Crippen LogP contribution is 2.29. The molecule has 4 heteroatoms. The average Bonchev–Trinajstić information content (AvgIpc) is 2.39. The molecule has 1 aromatic carbocycles. The van der Waals surface area contributed by atoms with Crippen LogP contribution in [-0.2, 0) is 10.2 Å². The lowest BCUT2D eigenvalue weighted by Gasteiger charge is -2.34. The van der Waals surface area contributed by atoms with E-state index in [0.29, 0.717) is 0 Å². The average molecular weight is 268 g/mol. The van der Waals surface area contributed by atoms with Crippen molar-refractivity contribution in [1.82, 2.24) is 5.43 Å². The van der Waals surface area contributed by atoms with Gasteiger partial charge in [-0.25, -0.2) is 4.39 Å². The zero-order valence-corrected chi connectivity index (χ0v) is 12.1. The van der Waals surface area contributed by atoms with Gasteiger partial charge >= 0.3 is 0 Å². The minimum atomic E-state index is -0.211. The van der Waals surface area contributed by atoms with Gasteiger partial charge in [0.25, 0.3) is 0 Å². The Balaban J connectivity index is 2.68. The van der Waals surface area contributed by atoms with E-state index in [1.165, 1.54) is 12.1 Å². The molecular formula is C15H25FN2O. The van der Waals surface area contributed by atoms with E-state index in [9.17, 15) is 4.39 Å². The van der Waals surface area contributed by atoms with Crippen LogP contribution in [0.2, 0.25) is 0 Å². The first-order valence-electron chi connectivity index (χ1n) is 6.73. The molecule has 1 rings (SSSR count). The summed E-state index contributed by atoms with van der Waals surface area (Å²) in [5.41, 5.74) is 3.84. The maximum Gasteiger partial charge on any atom is 0.123 e. The predicted octanol–water partition coefficient (Wildman–Crippen LogP) is 2.75. The first kappa shape index (κ1) is 16.1. The van der Waals surface area contributed by atoms with Crippen molar-refractivity contribution in [3.8, 4) is 0 Å². The summed E-state index contributed by atoms with van der Waals surface area (Å²) >= 11 is 0. The number of nitrogens with two attached hydrogens (primary N) is 1. The second kappa shape index (κ2) is 7.58. The lowest BCUT2D eigenvalue weighted by atomic mass is 9.76. The van der Waals surface area contributed by atoms with Crippen LogP contribution in [-0.4, -0.2) is 19.8 Å². The molecule has 0 bridgehead atoms. The van der Waals surface area contributed by atoms with Gasteiger partial charge in [-0.3, -0.25) is 11.3 Å². The smallest absolute Gasteiger partial charge is 0.123 e. The number of hydrogen-bond donors (Lipinski definition) is 2. The van der Waals surface area contributed by atoms with Gasteiger partial charge in [0.05, 0.1) is 0 Å². The molecule has 1 unspecified atom stereocenters. The number of rotatable bonds is 8. The van der Waals surface area contributed by atoms with Crippen LogP contribution in [0.5, 0.6) is 0 Å². The summed E-state index contributed by atoms with van der Waals surface area (Å²) in [5, 5.41) is 0. The summed E-state index contributed by atoms with van der Waals surface area (Å²) in [7, 11) is 1.71. The Morgan fingerprint density at radius 3 is 2.42 bits per heavy atom. The Kier molecular flexibility index (Phi) is 6.42. The number of benzene rings is 1. The van der Waals surface area contributed by atoms with Gasteiger partial charge in [-0.1, -0.05) is 26.0 Å². The molecule has 3 N–H and O–H groups in total. The summed E-state index contributed by atoms with van der Waals surface area (Å²) in [6.45, 7) is 5.02. The second-order valence-electron chi connectivity index (χ2n) is 5.44. The molecule has 0 radical (unpaired) electrons. The zero-order valence-electron chi connectivity index (χ0n) is 12.1. The number of unbranched alkanes of at least 4 members (excludes halogenated alkanes) is 1. The van der Waals surface area contributed by atoms with Gasteiger partial charge < -0.3 is 4.74 Å².